The Kier molecular flexibility index (Phi) is 3.86. The minimum Gasteiger partial charge on any atom is -0.356 e. The van der Waals surface area contributed by atoms with E-state index >= 15 is 0 Å². The second kappa shape index (κ2) is 4.94. The topological polar surface area (TPSA) is 39.5 Å². The van der Waals surface area contributed by atoms with E-state index in [1.807, 2.05) is 13.0 Å². The maximum Gasteiger partial charge on any atom is 0.129 e. The largest absolute Gasteiger partial charge is 0.356 e. The number of amidine groups is 1. The minimum absolute atomic E-state index is 0.613. The highest BCUT2D eigenvalue weighted by Gasteiger charge is 2.21. The molecule has 78 valence electrons. The fourth-order valence-electron chi connectivity index (χ4n) is 1.73. The van der Waals surface area contributed by atoms with Gasteiger partial charge in [-0.15, -0.1) is 0 Å². The van der Waals surface area contributed by atoms with Crippen molar-refractivity contribution in [2.45, 2.75) is 20.3 Å². The molecule has 0 aromatic carbocycles. The second-order valence-corrected chi connectivity index (χ2v) is 3.82. The van der Waals surface area contributed by atoms with Crippen molar-refractivity contribution in [3.63, 3.8) is 0 Å². The Balaban J connectivity index is 2.64. The first-order chi connectivity index (χ1) is 6.69. The number of aliphatic imine (C=N–C) groups is 1. The Morgan fingerprint density at radius 2 is 2.29 bits per heavy atom. The van der Waals surface area contributed by atoms with Gasteiger partial charge in [-0.1, -0.05) is 13.0 Å². The predicted molar refractivity (Wildman–Crippen MR) is 61.3 cm³/mol. The Morgan fingerprint density at radius 1 is 1.57 bits per heavy atom. The van der Waals surface area contributed by atoms with E-state index in [-0.39, 0.29) is 0 Å². The number of nitrogens with one attached hydrogen (secondary N) is 1. The first-order valence-electron chi connectivity index (χ1n) is 5.11. The molecule has 0 radical (unpaired) electrons. The van der Waals surface area contributed by atoms with Gasteiger partial charge in [0.05, 0.1) is 0 Å². The van der Waals surface area contributed by atoms with E-state index in [9.17, 15) is 0 Å². The van der Waals surface area contributed by atoms with Crippen LogP contribution in [0.1, 0.15) is 20.3 Å². The van der Waals surface area contributed by atoms with Crippen molar-refractivity contribution in [2.24, 2.45) is 10.9 Å². The van der Waals surface area contributed by atoms with E-state index in [4.69, 9.17) is 5.41 Å². The lowest BCUT2D eigenvalue weighted by molar-refractivity contribution is 0.492. The van der Waals surface area contributed by atoms with Gasteiger partial charge in [0.1, 0.15) is 5.84 Å². The molecule has 1 fully saturated rings. The van der Waals surface area contributed by atoms with Crippen LogP contribution in [0.25, 0.3) is 0 Å². The summed E-state index contributed by atoms with van der Waals surface area (Å²) < 4.78 is 0. The maximum atomic E-state index is 8.00. The molecule has 1 aliphatic heterocycles. The Hall–Kier alpha value is -1.12. The zero-order valence-electron chi connectivity index (χ0n) is 9.25. The summed E-state index contributed by atoms with van der Waals surface area (Å²) in [5, 5.41) is 8.00. The number of nitrogens with zero attached hydrogens (tertiary/aromatic N) is 2. The average Bonchev–Trinajstić information content (AvgIpc) is 2.60. The summed E-state index contributed by atoms with van der Waals surface area (Å²) in [5.74, 6) is 1.33. The van der Waals surface area contributed by atoms with Crippen molar-refractivity contribution < 1.29 is 0 Å². The number of rotatable bonds is 2. The van der Waals surface area contributed by atoms with E-state index in [0.29, 0.717) is 11.8 Å². The molecule has 1 N–H and O–H groups in total. The quantitative estimate of drug-likeness (QED) is 0.528. The van der Waals surface area contributed by atoms with Crippen LogP contribution >= 0.6 is 0 Å². The molecule has 0 aromatic rings. The molecule has 3 nitrogen and oxygen atoms in total. The molecule has 1 unspecified atom stereocenters. The van der Waals surface area contributed by atoms with Crippen molar-refractivity contribution in [1.29, 1.82) is 5.41 Å². The van der Waals surface area contributed by atoms with E-state index in [1.54, 1.807) is 13.3 Å². The number of hydrogen-bond acceptors (Lipinski definition) is 2. The molecule has 0 bridgehead atoms. The average molecular weight is 193 g/mol. The fraction of sp³-hybridized carbons (Fsp3) is 0.636. The van der Waals surface area contributed by atoms with Crippen molar-refractivity contribution >= 4 is 12.1 Å². The summed E-state index contributed by atoms with van der Waals surface area (Å²) >= 11 is 0. The first-order valence-corrected chi connectivity index (χ1v) is 5.11. The van der Waals surface area contributed by atoms with Crippen LogP contribution in [0.4, 0.5) is 0 Å². The predicted octanol–water partition coefficient (Wildman–Crippen LogP) is 1.95. The monoisotopic (exact) mass is 193 g/mol. The van der Waals surface area contributed by atoms with Crippen LogP contribution in [0, 0.1) is 11.3 Å². The SMILES string of the molecule is C/C=C(\C=NC)C(=N)N1CCC(C)C1. The highest BCUT2D eigenvalue weighted by atomic mass is 15.2. The zero-order chi connectivity index (χ0) is 10.6. The van der Waals surface area contributed by atoms with Crippen LogP contribution in [0.2, 0.25) is 0 Å². The lowest BCUT2D eigenvalue weighted by atomic mass is 10.2. The molecule has 0 aliphatic carbocycles. The molecule has 1 rings (SSSR count). The summed E-state index contributed by atoms with van der Waals surface area (Å²) in [6.07, 6.45) is 4.90. The lowest BCUT2D eigenvalue weighted by Crippen LogP contribution is -2.29. The van der Waals surface area contributed by atoms with Gasteiger partial charge in [0, 0.05) is 31.9 Å². The normalized spacial score (nSPS) is 23.5. The third-order valence-electron chi connectivity index (χ3n) is 2.59. The van der Waals surface area contributed by atoms with Crippen molar-refractivity contribution in [2.75, 3.05) is 20.1 Å². The first kappa shape index (κ1) is 11.0. The molecule has 3 heteroatoms. The molecule has 0 spiro atoms. The summed E-state index contributed by atoms with van der Waals surface area (Å²) in [6.45, 7) is 6.20. The third-order valence-corrected chi connectivity index (χ3v) is 2.59. The van der Waals surface area contributed by atoms with Crippen LogP contribution in [0.3, 0.4) is 0 Å². The summed E-state index contributed by atoms with van der Waals surface area (Å²) in [7, 11) is 1.74. The molecule has 14 heavy (non-hydrogen) atoms. The number of likely N-dealkylation sites (tertiary alicyclic amines) is 1. The fourth-order valence-corrected chi connectivity index (χ4v) is 1.73. The molecule has 0 aromatic heterocycles. The van der Waals surface area contributed by atoms with Gasteiger partial charge in [0.2, 0.25) is 0 Å². The molecule has 1 atom stereocenters. The molecule has 1 saturated heterocycles. The van der Waals surface area contributed by atoms with Gasteiger partial charge in [0.25, 0.3) is 0 Å². The second-order valence-electron chi connectivity index (χ2n) is 3.82. The van der Waals surface area contributed by atoms with E-state index in [1.165, 1.54) is 6.42 Å². The number of hydrogen-bond donors (Lipinski definition) is 1. The van der Waals surface area contributed by atoms with Crippen LogP contribution in [0.15, 0.2) is 16.6 Å². The molecule has 1 heterocycles. The smallest absolute Gasteiger partial charge is 0.129 e. The Bertz CT molecular complexity index is 266. The minimum atomic E-state index is 0.613. The molecular formula is C11H19N3. The van der Waals surface area contributed by atoms with Crippen LogP contribution < -0.4 is 0 Å². The Morgan fingerprint density at radius 3 is 2.71 bits per heavy atom. The number of allylic oxidation sites excluding steroid dienone is 1. The summed E-state index contributed by atoms with van der Waals surface area (Å²) in [5.41, 5.74) is 0.918. The van der Waals surface area contributed by atoms with Crippen molar-refractivity contribution in [1.82, 2.24) is 4.90 Å². The van der Waals surface area contributed by atoms with Crippen LogP contribution in [-0.2, 0) is 0 Å². The standard InChI is InChI=1S/C11H19N3/c1-4-10(7-13-3)11(12)14-6-5-9(2)8-14/h4,7,9,12H,5-6,8H2,1-3H3/b10-4+,12-11?,13-7?. The van der Waals surface area contributed by atoms with Crippen molar-refractivity contribution in [3.8, 4) is 0 Å². The highest BCUT2D eigenvalue weighted by Crippen LogP contribution is 2.16. The van der Waals surface area contributed by atoms with Gasteiger partial charge in [-0.3, -0.25) is 10.4 Å². The molecule has 1 aliphatic rings. The lowest BCUT2D eigenvalue weighted by Gasteiger charge is -2.19. The van der Waals surface area contributed by atoms with Gasteiger partial charge in [-0.2, -0.15) is 0 Å². The van der Waals surface area contributed by atoms with E-state index in [2.05, 4.69) is 16.8 Å². The van der Waals surface area contributed by atoms with E-state index < -0.39 is 0 Å². The van der Waals surface area contributed by atoms with Gasteiger partial charge < -0.3 is 4.90 Å². The summed E-state index contributed by atoms with van der Waals surface area (Å²) in [6, 6.07) is 0. The molecule has 0 saturated carbocycles. The van der Waals surface area contributed by atoms with Crippen LogP contribution in [-0.4, -0.2) is 37.1 Å². The Labute approximate surface area is 86.0 Å². The van der Waals surface area contributed by atoms with Crippen molar-refractivity contribution in [3.05, 3.63) is 11.6 Å². The maximum absolute atomic E-state index is 8.00. The van der Waals surface area contributed by atoms with Gasteiger partial charge in [-0.25, -0.2) is 0 Å². The third kappa shape index (κ3) is 2.44. The molecular weight excluding hydrogens is 174 g/mol. The van der Waals surface area contributed by atoms with Gasteiger partial charge in [-0.05, 0) is 19.3 Å². The highest BCUT2D eigenvalue weighted by molar-refractivity contribution is 6.13. The summed E-state index contributed by atoms with van der Waals surface area (Å²) in [4.78, 5) is 6.08. The van der Waals surface area contributed by atoms with Gasteiger partial charge >= 0.3 is 0 Å². The van der Waals surface area contributed by atoms with Crippen LogP contribution in [0.5, 0.6) is 0 Å². The molecule has 0 amide bonds. The van der Waals surface area contributed by atoms with E-state index in [0.717, 1.165) is 18.7 Å². The van der Waals surface area contributed by atoms with Gasteiger partial charge in [0.15, 0.2) is 0 Å². The zero-order valence-corrected chi connectivity index (χ0v) is 9.25.